The van der Waals surface area contributed by atoms with Gasteiger partial charge in [0.15, 0.2) is 0 Å². The molecule has 1 aromatic carbocycles. The highest BCUT2D eigenvalue weighted by atomic mass is 32.2. The summed E-state index contributed by atoms with van der Waals surface area (Å²) in [5.41, 5.74) is 1.00. The summed E-state index contributed by atoms with van der Waals surface area (Å²) >= 11 is 0. The molecule has 6 heteroatoms. The van der Waals surface area contributed by atoms with Crippen LogP contribution in [-0.4, -0.2) is 57.4 Å². The van der Waals surface area contributed by atoms with Crippen LogP contribution in [0.5, 0.6) is 0 Å². The summed E-state index contributed by atoms with van der Waals surface area (Å²) in [5, 5.41) is 3.21. The van der Waals surface area contributed by atoms with E-state index in [0.717, 1.165) is 25.2 Å². The van der Waals surface area contributed by atoms with Crippen LogP contribution in [0.3, 0.4) is 0 Å². The standard InChI is InChI=1S/C14H23N3O2S/c1-3-15-12-13-5-4-6-14(11-13)20(18,19)17-9-7-16(2)8-10-17/h4-6,11,15H,3,7-10,12H2,1-2H3. The molecule has 1 heterocycles. The molecular weight excluding hydrogens is 274 g/mol. The van der Waals surface area contributed by atoms with Gasteiger partial charge in [-0.05, 0) is 31.3 Å². The molecule has 1 aliphatic rings. The largest absolute Gasteiger partial charge is 0.313 e. The van der Waals surface area contributed by atoms with E-state index in [4.69, 9.17) is 0 Å². The highest BCUT2D eigenvalue weighted by molar-refractivity contribution is 7.89. The molecule has 0 saturated carbocycles. The predicted octanol–water partition coefficient (Wildman–Crippen LogP) is 0.732. The van der Waals surface area contributed by atoms with Crippen molar-refractivity contribution in [3.8, 4) is 0 Å². The number of sulfonamides is 1. The van der Waals surface area contributed by atoms with E-state index in [9.17, 15) is 8.42 Å². The first-order valence-electron chi connectivity index (χ1n) is 7.02. The number of piperazine rings is 1. The van der Waals surface area contributed by atoms with Gasteiger partial charge in [0.1, 0.15) is 0 Å². The van der Waals surface area contributed by atoms with Gasteiger partial charge in [-0.25, -0.2) is 8.42 Å². The van der Waals surface area contributed by atoms with Crippen molar-refractivity contribution in [3.05, 3.63) is 29.8 Å². The summed E-state index contributed by atoms with van der Waals surface area (Å²) in [6.45, 7) is 6.31. The number of benzene rings is 1. The first kappa shape index (κ1) is 15.4. The van der Waals surface area contributed by atoms with Gasteiger partial charge < -0.3 is 10.2 Å². The van der Waals surface area contributed by atoms with Crippen molar-refractivity contribution in [2.75, 3.05) is 39.8 Å². The molecule has 0 unspecified atom stereocenters. The Morgan fingerprint density at radius 2 is 1.90 bits per heavy atom. The first-order chi connectivity index (χ1) is 9.54. The molecule has 1 fully saturated rings. The van der Waals surface area contributed by atoms with Gasteiger partial charge >= 0.3 is 0 Å². The van der Waals surface area contributed by atoms with E-state index in [0.29, 0.717) is 24.5 Å². The average Bonchev–Trinajstić information content (AvgIpc) is 2.46. The Morgan fingerprint density at radius 1 is 1.20 bits per heavy atom. The van der Waals surface area contributed by atoms with Gasteiger partial charge in [-0.3, -0.25) is 0 Å². The average molecular weight is 297 g/mol. The minimum absolute atomic E-state index is 0.400. The van der Waals surface area contributed by atoms with Gasteiger partial charge in [0.05, 0.1) is 4.90 Å². The monoisotopic (exact) mass is 297 g/mol. The summed E-state index contributed by atoms with van der Waals surface area (Å²) in [5.74, 6) is 0. The summed E-state index contributed by atoms with van der Waals surface area (Å²) in [7, 11) is -1.34. The lowest BCUT2D eigenvalue weighted by Crippen LogP contribution is -2.47. The molecule has 0 atom stereocenters. The van der Waals surface area contributed by atoms with Crippen molar-refractivity contribution in [1.82, 2.24) is 14.5 Å². The van der Waals surface area contributed by atoms with Crippen molar-refractivity contribution in [3.63, 3.8) is 0 Å². The number of likely N-dealkylation sites (N-methyl/N-ethyl adjacent to an activating group) is 1. The molecular formula is C14H23N3O2S. The van der Waals surface area contributed by atoms with Crippen molar-refractivity contribution in [2.45, 2.75) is 18.4 Å². The maximum absolute atomic E-state index is 12.6. The third-order valence-electron chi connectivity index (χ3n) is 3.58. The van der Waals surface area contributed by atoms with Crippen molar-refractivity contribution in [1.29, 1.82) is 0 Å². The normalized spacial score (nSPS) is 18.3. The Morgan fingerprint density at radius 3 is 2.55 bits per heavy atom. The summed E-state index contributed by atoms with van der Waals surface area (Å²) in [6.07, 6.45) is 0. The van der Waals surface area contributed by atoms with Crippen molar-refractivity contribution < 1.29 is 8.42 Å². The quantitative estimate of drug-likeness (QED) is 0.871. The van der Waals surface area contributed by atoms with Crippen LogP contribution in [0.2, 0.25) is 0 Å². The minimum Gasteiger partial charge on any atom is -0.313 e. The van der Waals surface area contributed by atoms with E-state index in [1.54, 1.807) is 16.4 Å². The summed E-state index contributed by atoms with van der Waals surface area (Å²) < 4.78 is 26.8. The van der Waals surface area contributed by atoms with Gasteiger partial charge in [0, 0.05) is 32.7 Å². The van der Waals surface area contributed by atoms with E-state index in [1.807, 2.05) is 26.1 Å². The molecule has 0 bridgehead atoms. The molecule has 112 valence electrons. The fourth-order valence-corrected chi connectivity index (χ4v) is 3.76. The van der Waals surface area contributed by atoms with Gasteiger partial charge in [0.25, 0.3) is 0 Å². The lowest BCUT2D eigenvalue weighted by Gasteiger charge is -2.31. The highest BCUT2D eigenvalue weighted by Crippen LogP contribution is 2.18. The van der Waals surface area contributed by atoms with Gasteiger partial charge in [0.2, 0.25) is 10.0 Å². The van der Waals surface area contributed by atoms with E-state index in [-0.39, 0.29) is 0 Å². The minimum atomic E-state index is -3.35. The Kier molecular flexibility index (Phi) is 5.15. The zero-order valence-corrected chi connectivity index (χ0v) is 13.0. The number of hydrogen-bond acceptors (Lipinski definition) is 4. The van der Waals surface area contributed by atoms with Crippen LogP contribution in [-0.2, 0) is 16.6 Å². The van der Waals surface area contributed by atoms with Crippen molar-refractivity contribution >= 4 is 10.0 Å². The Balaban J connectivity index is 2.16. The van der Waals surface area contributed by atoms with Gasteiger partial charge in [-0.15, -0.1) is 0 Å². The van der Waals surface area contributed by atoms with Crippen LogP contribution in [0.1, 0.15) is 12.5 Å². The summed E-state index contributed by atoms with van der Waals surface area (Å²) in [4.78, 5) is 2.55. The molecule has 0 aliphatic carbocycles. The second kappa shape index (κ2) is 6.67. The molecule has 2 rings (SSSR count). The molecule has 0 radical (unpaired) electrons. The maximum Gasteiger partial charge on any atom is 0.243 e. The van der Waals surface area contributed by atoms with Crippen LogP contribution < -0.4 is 5.32 Å². The lowest BCUT2D eigenvalue weighted by molar-refractivity contribution is 0.222. The van der Waals surface area contributed by atoms with E-state index in [1.165, 1.54) is 0 Å². The van der Waals surface area contributed by atoms with Crippen molar-refractivity contribution in [2.24, 2.45) is 0 Å². The topological polar surface area (TPSA) is 52.7 Å². The Bertz CT molecular complexity index is 537. The second-order valence-electron chi connectivity index (χ2n) is 5.14. The molecule has 1 saturated heterocycles. The molecule has 0 aromatic heterocycles. The van der Waals surface area contributed by atoms with Crippen LogP contribution >= 0.6 is 0 Å². The van der Waals surface area contributed by atoms with Crippen LogP contribution in [0.25, 0.3) is 0 Å². The number of nitrogens with one attached hydrogen (secondary N) is 1. The fraction of sp³-hybridized carbons (Fsp3) is 0.571. The summed E-state index contributed by atoms with van der Waals surface area (Å²) in [6, 6.07) is 7.22. The van der Waals surface area contributed by atoms with Gasteiger partial charge in [-0.1, -0.05) is 19.1 Å². The smallest absolute Gasteiger partial charge is 0.243 e. The first-order valence-corrected chi connectivity index (χ1v) is 8.46. The molecule has 0 spiro atoms. The second-order valence-corrected chi connectivity index (χ2v) is 7.07. The van der Waals surface area contributed by atoms with E-state index >= 15 is 0 Å². The maximum atomic E-state index is 12.6. The zero-order valence-electron chi connectivity index (χ0n) is 12.2. The molecule has 1 aromatic rings. The van der Waals surface area contributed by atoms with E-state index in [2.05, 4.69) is 10.2 Å². The highest BCUT2D eigenvalue weighted by Gasteiger charge is 2.27. The zero-order chi connectivity index (χ0) is 14.6. The molecule has 20 heavy (non-hydrogen) atoms. The van der Waals surface area contributed by atoms with Crippen LogP contribution in [0.4, 0.5) is 0 Å². The lowest BCUT2D eigenvalue weighted by atomic mass is 10.2. The molecule has 5 nitrogen and oxygen atoms in total. The molecule has 1 N–H and O–H groups in total. The van der Waals surface area contributed by atoms with E-state index < -0.39 is 10.0 Å². The number of rotatable bonds is 5. The Hall–Kier alpha value is -0.950. The van der Waals surface area contributed by atoms with Crippen LogP contribution in [0, 0.1) is 0 Å². The third kappa shape index (κ3) is 3.58. The molecule has 1 aliphatic heterocycles. The van der Waals surface area contributed by atoms with Crippen LogP contribution in [0.15, 0.2) is 29.2 Å². The van der Waals surface area contributed by atoms with Gasteiger partial charge in [-0.2, -0.15) is 4.31 Å². The fourth-order valence-electron chi connectivity index (χ4n) is 2.26. The predicted molar refractivity (Wildman–Crippen MR) is 80.1 cm³/mol. The third-order valence-corrected chi connectivity index (χ3v) is 5.47. The number of nitrogens with zero attached hydrogens (tertiary/aromatic N) is 2. The SMILES string of the molecule is CCNCc1cccc(S(=O)(=O)N2CCN(C)CC2)c1. The molecule has 0 amide bonds. The Labute approximate surface area is 121 Å². The number of hydrogen-bond donors (Lipinski definition) is 1.